The van der Waals surface area contributed by atoms with Gasteiger partial charge < -0.3 is 10.2 Å². The Kier molecular flexibility index (Phi) is 6.10. The van der Waals surface area contributed by atoms with E-state index in [2.05, 4.69) is 62.3 Å². The van der Waals surface area contributed by atoms with Gasteiger partial charge in [0.1, 0.15) is 0 Å². The maximum atomic E-state index is 3.72. The van der Waals surface area contributed by atoms with Gasteiger partial charge in [-0.1, -0.05) is 32.4 Å². The lowest BCUT2D eigenvalue weighted by Crippen LogP contribution is -2.45. The lowest BCUT2D eigenvalue weighted by Gasteiger charge is -2.39. The smallest absolute Gasteiger partial charge is 0.0366 e. The number of aryl methyl sites for hydroxylation is 1. The van der Waals surface area contributed by atoms with E-state index < -0.39 is 0 Å². The summed E-state index contributed by atoms with van der Waals surface area (Å²) in [6.45, 7) is 9.00. The Hall–Kier alpha value is -1.02. The van der Waals surface area contributed by atoms with Gasteiger partial charge in [-0.3, -0.25) is 0 Å². The molecule has 0 bridgehead atoms. The number of anilines is 1. The van der Waals surface area contributed by atoms with Crippen molar-refractivity contribution in [3.05, 3.63) is 29.8 Å². The van der Waals surface area contributed by atoms with Gasteiger partial charge in [-0.25, -0.2) is 0 Å². The fourth-order valence-corrected chi connectivity index (χ4v) is 3.79. The number of nitrogens with one attached hydrogen (secondary N) is 1. The van der Waals surface area contributed by atoms with Crippen LogP contribution in [0.5, 0.6) is 0 Å². The molecule has 0 amide bonds. The lowest BCUT2D eigenvalue weighted by molar-refractivity contribution is 0.204. The molecule has 0 aromatic heterocycles. The minimum atomic E-state index is 0.699. The van der Waals surface area contributed by atoms with E-state index in [0.29, 0.717) is 6.04 Å². The van der Waals surface area contributed by atoms with Crippen molar-refractivity contribution in [1.29, 1.82) is 0 Å². The molecule has 2 nitrogen and oxygen atoms in total. The van der Waals surface area contributed by atoms with Crippen molar-refractivity contribution in [2.75, 3.05) is 25.0 Å². The number of hydrogen-bond acceptors (Lipinski definition) is 2. The highest BCUT2D eigenvalue weighted by molar-refractivity contribution is 5.47. The van der Waals surface area contributed by atoms with Crippen LogP contribution in [0.25, 0.3) is 0 Å². The second kappa shape index (κ2) is 7.84. The quantitative estimate of drug-likeness (QED) is 0.842. The highest BCUT2D eigenvalue weighted by Gasteiger charge is 2.30. The molecule has 0 saturated heterocycles. The molecule has 1 aromatic carbocycles. The van der Waals surface area contributed by atoms with Crippen LogP contribution < -0.4 is 10.2 Å². The van der Waals surface area contributed by atoms with Crippen LogP contribution in [0, 0.1) is 18.8 Å². The number of benzene rings is 1. The summed E-state index contributed by atoms with van der Waals surface area (Å²) in [5.41, 5.74) is 2.70. The lowest BCUT2D eigenvalue weighted by atomic mass is 9.76. The van der Waals surface area contributed by atoms with Crippen LogP contribution in [0.2, 0.25) is 0 Å². The molecule has 3 unspecified atom stereocenters. The number of rotatable bonds is 6. The normalized spacial score (nSPS) is 25.8. The average molecular weight is 288 g/mol. The Labute approximate surface area is 130 Å². The summed E-state index contributed by atoms with van der Waals surface area (Å²) in [6.07, 6.45) is 5.46. The molecule has 118 valence electrons. The van der Waals surface area contributed by atoms with Crippen molar-refractivity contribution in [1.82, 2.24) is 5.32 Å². The first-order chi connectivity index (χ1) is 10.1. The van der Waals surface area contributed by atoms with E-state index in [-0.39, 0.29) is 0 Å². The third-order valence-corrected chi connectivity index (χ3v) is 5.09. The zero-order chi connectivity index (χ0) is 15.2. The largest absolute Gasteiger partial charge is 0.374 e. The second-order valence-electron chi connectivity index (χ2n) is 6.73. The molecular weight excluding hydrogens is 256 g/mol. The SMILES string of the molecule is CCNC1CCC(CC)CC1CN(C)c1cccc(C)c1. The predicted octanol–water partition coefficient (Wildman–Crippen LogP) is 4.24. The van der Waals surface area contributed by atoms with E-state index in [1.54, 1.807) is 0 Å². The maximum absolute atomic E-state index is 3.72. The molecule has 1 fully saturated rings. The van der Waals surface area contributed by atoms with Gasteiger partial charge in [-0.2, -0.15) is 0 Å². The Morgan fingerprint density at radius 1 is 1.24 bits per heavy atom. The van der Waals surface area contributed by atoms with Crippen LogP contribution in [0.3, 0.4) is 0 Å². The topological polar surface area (TPSA) is 15.3 Å². The highest BCUT2D eigenvalue weighted by Crippen LogP contribution is 2.32. The Morgan fingerprint density at radius 2 is 2.05 bits per heavy atom. The van der Waals surface area contributed by atoms with Crippen LogP contribution in [0.4, 0.5) is 5.69 Å². The molecule has 3 atom stereocenters. The summed E-state index contributed by atoms with van der Waals surface area (Å²) in [5, 5.41) is 3.72. The Morgan fingerprint density at radius 3 is 2.71 bits per heavy atom. The van der Waals surface area contributed by atoms with E-state index in [0.717, 1.165) is 24.9 Å². The van der Waals surface area contributed by atoms with Crippen LogP contribution in [-0.4, -0.2) is 26.2 Å². The van der Waals surface area contributed by atoms with Crippen molar-refractivity contribution in [2.45, 2.75) is 52.5 Å². The molecule has 21 heavy (non-hydrogen) atoms. The number of hydrogen-bond donors (Lipinski definition) is 1. The van der Waals surface area contributed by atoms with Gasteiger partial charge in [-0.15, -0.1) is 0 Å². The van der Waals surface area contributed by atoms with Gasteiger partial charge in [0.25, 0.3) is 0 Å². The summed E-state index contributed by atoms with van der Waals surface area (Å²) in [4.78, 5) is 2.44. The van der Waals surface area contributed by atoms with E-state index in [1.165, 1.54) is 36.9 Å². The van der Waals surface area contributed by atoms with E-state index in [9.17, 15) is 0 Å². The van der Waals surface area contributed by atoms with E-state index in [1.807, 2.05) is 0 Å². The van der Waals surface area contributed by atoms with Crippen molar-refractivity contribution < 1.29 is 0 Å². The van der Waals surface area contributed by atoms with Crippen molar-refractivity contribution in [3.8, 4) is 0 Å². The molecule has 1 aliphatic carbocycles. The van der Waals surface area contributed by atoms with Gasteiger partial charge in [0.15, 0.2) is 0 Å². The summed E-state index contributed by atoms with van der Waals surface area (Å²) in [5.74, 6) is 1.70. The highest BCUT2D eigenvalue weighted by atomic mass is 15.1. The monoisotopic (exact) mass is 288 g/mol. The minimum Gasteiger partial charge on any atom is -0.374 e. The van der Waals surface area contributed by atoms with Gasteiger partial charge >= 0.3 is 0 Å². The second-order valence-corrected chi connectivity index (χ2v) is 6.73. The van der Waals surface area contributed by atoms with Crippen LogP contribution in [0.1, 0.15) is 45.1 Å². The molecule has 2 rings (SSSR count). The molecular formula is C19H32N2. The Bertz CT molecular complexity index is 429. The van der Waals surface area contributed by atoms with Gasteiger partial charge in [-0.05, 0) is 62.3 Å². The zero-order valence-electron chi connectivity index (χ0n) is 14.2. The summed E-state index contributed by atoms with van der Waals surface area (Å²) < 4.78 is 0. The first kappa shape index (κ1) is 16.4. The van der Waals surface area contributed by atoms with Crippen molar-refractivity contribution in [3.63, 3.8) is 0 Å². The summed E-state index contributed by atoms with van der Waals surface area (Å²) in [6, 6.07) is 9.56. The molecule has 0 aliphatic heterocycles. The third kappa shape index (κ3) is 4.47. The first-order valence-electron chi connectivity index (χ1n) is 8.65. The van der Waals surface area contributed by atoms with Gasteiger partial charge in [0, 0.05) is 25.3 Å². The molecule has 2 heteroatoms. The van der Waals surface area contributed by atoms with Crippen molar-refractivity contribution >= 4 is 5.69 Å². The molecule has 1 saturated carbocycles. The third-order valence-electron chi connectivity index (χ3n) is 5.09. The minimum absolute atomic E-state index is 0.699. The van der Waals surface area contributed by atoms with Crippen molar-refractivity contribution in [2.24, 2.45) is 11.8 Å². The summed E-state index contributed by atoms with van der Waals surface area (Å²) in [7, 11) is 2.24. The Balaban J connectivity index is 2.02. The molecule has 0 radical (unpaired) electrons. The summed E-state index contributed by atoms with van der Waals surface area (Å²) >= 11 is 0. The maximum Gasteiger partial charge on any atom is 0.0366 e. The van der Waals surface area contributed by atoms with E-state index in [4.69, 9.17) is 0 Å². The fraction of sp³-hybridized carbons (Fsp3) is 0.684. The number of nitrogens with zero attached hydrogens (tertiary/aromatic N) is 1. The predicted molar refractivity (Wildman–Crippen MR) is 93.0 cm³/mol. The average Bonchev–Trinajstić information content (AvgIpc) is 2.49. The first-order valence-corrected chi connectivity index (χ1v) is 8.65. The molecule has 1 aliphatic rings. The standard InChI is InChI=1S/C19H32N2/c1-5-16-10-11-19(20-6-2)17(13-16)14-21(4)18-9-7-8-15(3)12-18/h7-9,12,16-17,19-20H,5-6,10-11,13-14H2,1-4H3. The van der Waals surface area contributed by atoms with E-state index >= 15 is 0 Å². The molecule has 1 N–H and O–H groups in total. The zero-order valence-corrected chi connectivity index (χ0v) is 14.2. The van der Waals surface area contributed by atoms with Gasteiger partial charge in [0.05, 0.1) is 0 Å². The van der Waals surface area contributed by atoms with Gasteiger partial charge in [0.2, 0.25) is 0 Å². The molecule has 0 heterocycles. The molecule has 0 spiro atoms. The van der Waals surface area contributed by atoms with Crippen LogP contribution in [-0.2, 0) is 0 Å². The fourth-order valence-electron chi connectivity index (χ4n) is 3.79. The molecule has 1 aromatic rings. The van der Waals surface area contributed by atoms with Crippen LogP contribution in [0.15, 0.2) is 24.3 Å². The van der Waals surface area contributed by atoms with Crippen LogP contribution >= 0.6 is 0 Å².